The third-order valence-corrected chi connectivity index (χ3v) is 3.37. The summed E-state index contributed by atoms with van der Waals surface area (Å²) in [5, 5.41) is 11.7. The Kier molecular flexibility index (Phi) is 8.05. The van der Waals surface area contributed by atoms with Gasteiger partial charge in [-0.3, -0.25) is 9.59 Å². The van der Waals surface area contributed by atoms with Crippen LogP contribution in [0.1, 0.15) is 42.1 Å². The zero-order chi connectivity index (χ0) is 17.2. The summed E-state index contributed by atoms with van der Waals surface area (Å²) in [6.45, 7) is 1.66. The van der Waals surface area contributed by atoms with Crippen LogP contribution < -0.4 is 5.32 Å². The standard InChI is InChI=1S/C18H26N2O3/c1-14(13-21)19-18(23)16-10-7-9-15(12-16)8-5-4-6-11-17(22)20(2)3/h5,7-10,12,14,21H,4,6,11,13H2,1-3H3,(H,19,23)/b8-5-. The van der Waals surface area contributed by atoms with Gasteiger partial charge in [0.15, 0.2) is 0 Å². The first-order valence-electron chi connectivity index (χ1n) is 7.82. The second kappa shape index (κ2) is 9.79. The fraction of sp³-hybridized carbons (Fsp3) is 0.444. The second-order valence-electron chi connectivity index (χ2n) is 5.77. The number of allylic oxidation sites excluding steroid dienone is 1. The van der Waals surface area contributed by atoms with Crippen LogP contribution in [0.25, 0.3) is 6.08 Å². The van der Waals surface area contributed by atoms with E-state index in [2.05, 4.69) is 5.32 Å². The molecule has 0 radical (unpaired) electrons. The molecule has 0 saturated heterocycles. The van der Waals surface area contributed by atoms with Crippen molar-refractivity contribution in [3.05, 3.63) is 41.5 Å². The maximum atomic E-state index is 12.0. The molecule has 2 N–H and O–H groups in total. The van der Waals surface area contributed by atoms with Crippen molar-refractivity contribution >= 4 is 17.9 Å². The van der Waals surface area contributed by atoms with E-state index in [0.717, 1.165) is 18.4 Å². The van der Waals surface area contributed by atoms with Crippen molar-refractivity contribution in [2.75, 3.05) is 20.7 Å². The number of hydrogen-bond donors (Lipinski definition) is 2. The van der Waals surface area contributed by atoms with Crippen molar-refractivity contribution < 1.29 is 14.7 Å². The van der Waals surface area contributed by atoms with Crippen LogP contribution in [0.4, 0.5) is 0 Å². The van der Waals surface area contributed by atoms with E-state index >= 15 is 0 Å². The second-order valence-corrected chi connectivity index (χ2v) is 5.77. The maximum absolute atomic E-state index is 12.0. The van der Waals surface area contributed by atoms with Gasteiger partial charge in [-0.15, -0.1) is 0 Å². The van der Waals surface area contributed by atoms with Gasteiger partial charge in [0, 0.05) is 32.1 Å². The van der Waals surface area contributed by atoms with Crippen molar-refractivity contribution in [3.8, 4) is 0 Å². The van der Waals surface area contributed by atoms with E-state index in [-0.39, 0.29) is 24.5 Å². The Labute approximate surface area is 138 Å². The lowest BCUT2D eigenvalue weighted by Gasteiger charge is -2.10. The van der Waals surface area contributed by atoms with Gasteiger partial charge in [-0.2, -0.15) is 0 Å². The van der Waals surface area contributed by atoms with Crippen LogP contribution in [0.3, 0.4) is 0 Å². The van der Waals surface area contributed by atoms with Crippen LogP contribution in [0.2, 0.25) is 0 Å². The van der Waals surface area contributed by atoms with E-state index in [1.165, 1.54) is 0 Å². The van der Waals surface area contributed by atoms with Gasteiger partial charge in [0.1, 0.15) is 0 Å². The van der Waals surface area contributed by atoms with Gasteiger partial charge in [-0.05, 0) is 37.5 Å². The maximum Gasteiger partial charge on any atom is 0.251 e. The number of carbonyl (C=O) groups is 2. The fourth-order valence-electron chi connectivity index (χ4n) is 1.95. The lowest BCUT2D eigenvalue weighted by molar-refractivity contribution is -0.128. The van der Waals surface area contributed by atoms with Crippen molar-refractivity contribution in [3.63, 3.8) is 0 Å². The van der Waals surface area contributed by atoms with Crippen molar-refractivity contribution in [2.24, 2.45) is 0 Å². The highest BCUT2D eigenvalue weighted by Crippen LogP contribution is 2.09. The molecule has 1 atom stereocenters. The molecule has 23 heavy (non-hydrogen) atoms. The number of carbonyl (C=O) groups excluding carboxylic acids is 2. The number of unbranched alkanes of at least 4 members (excludes halogenated alkanes) is 1. The largest absolute Gasteiger partial charge is 0.394 e. The first-order chi connectivity index (χ1) is 10.9. The van der Waals surface area contributed by atoms with Crippen LogP contribution in [-0.2, 0) is 4.79 Å². The molecule has 0 aliphatic carbocycles. The summed E-state index contributed by atoms with van der Waals surface area (Å²) < 4.78 is 0. The highest BCUT2D eigenvalue weighted by molar-refractivity contribution is 5.94. The molecule has 1 unspecified atom stereocenters. The SMILES string of the molecule is CC(CO)NC(=O)c1cccc(/C=C\CCCC(=O)N(C)C)c1. The zero-order valence-electron chi connectivity index (χ0n) is 14.1. The first kappa shape index (κ1) is 18.9. The molecule has 0 bridgehead atoms. The molecule has 0 saturated carbocycles. The van der Waals surface area contributed by atoms with Gasteiger partial charge in [0.25, 0.3) is 5.91 Å². The molecule has 2 amide bonds. The minimum absolute atomic E-state index is 0.0863. The highest BCUT2D eigenvalue weighted by atomic mass is 16.3. The average Bonchev–Trinajstić information content (AvgIpc) is 2.54. The van der Waals surface area contributed by atoms with E-state index in [1.54, 1.807) is 38.1 Å². The van der Waals surface area contributed by atoms with E-state index in [0.29, 0.717) is 12.0 Å². The number of aliphatic hydroxyl groups excluding tert-OH is 1. The lowest BCUT2D eigenvalue weighted by atomic mass is 10.1. The van der Waals surface area contributed by atoms with Crippen LogP contribution in [0, 0.1) is 0 Å². The lowest BCUT2D eigenvalue weighted by Crippen LogP contribution is -2.34. The van der Waals surface area contributed by atoms with Crippen LogP contribution >= 0.6 is 0 Å². The smallest absolute Gasteiger partial charge is 0.251 e. The molecular formula is C18H26N2O3. The molecule has 1 aromatic rings. The van der Waals surface area contributed by atoms with Crippen molar-refractivity contribution in [1.82, 2.24) is 10.2 Å². The summed E-state index contributed by atoms with van der Waals surface area (Å²) in [6.07, 6.45) is 6.13. The first-order valence-corrected chi connectivity index (χ1v) is 7.82. The minimum Gasteiger partial charge on any atom is -0.394 e. The van der Waals surface area contributed by atoms with E-state index in [9.17, 15) is 9.59 Å². The summed E-state index contributed by atoms with van der Waals surface area (Å²) >= 11 is 0. The quantitative estimate of drug-likeness (QED) is 0.721. The molecule has 5 nitrogen and oxygen atoms in total. The number of amides is 2. The molecule has 0 aliphatic rings. The molecule has 0 heterocycles. The normalized spacial score (nSPS) is 12.2. The number of nitrogens with one attached hydrogen (secondary N) is 1. The van der Waals surface area contributed by atoms with Crippen molar-refractivity contribution in [2.45, 2.75) is 32.2 Å². The Hall–Kier alpha value is -2.14. The zero-order valence-corrected chi connectivity index (χ0v) is 14.1. The van der Waals surface area contributed by atoms with Crippen molar-refractivity contribution in [1.29, 1.82) is 0 Å². The molecule has 1 rings (SSSR count). The summed E-state index contributed by atoms with van der Waals surface area (Å²) in [5.74, 6) is -0.0616. The molecule has 5 heteroatoms. The molecule has 0 fully saturated rings. The van der Waals surface area contributed by atoms with Gasteiger partial charge in [-0.25, -0.2) is 0 Å². The van der Waals surface area contributed by atoms with E-state index in [4.69, 9.17) is 5.11 Å². The van der Waals surface area contributed by atoms with Crippen LogP contribution in [0.15, 0.2) is 30.3 Å². The summed E-state index contributed by atoms with van der Waals surface area (Å²) in [4.78, 5) is 25.0. The Balaban J connectivity index is 2.52. The average molecular weight is 318 g/mol. The summed E-state index contributed by atoms with van der Waals surface area (Å²) in [7, 11) is 3.51. The third kappa shape index (κ3) is 7.10. The van der Waals surface area contributed by atoms with Crippen LogP contribution in [-0.4, -0.2) is 48.6 Å². The molecule has 0 aromatic heterocycles. The molecule has 1 aromatic carbocycles. The molecule has 0 aliphatic heterocycles. The number of hydrogen-bond acceptors (Lipinski definition) is 3. The Morgan fingerprint density at radius 1 is 1.35 bits per heavy atom. The highest BCUT2D eigenvalue weighted by Gasteiger charge is 2.08. The predicted molar refractivity (Wildman–Crippen MR) is 92.0 cm³/mol. The summed E-state index contributed by atoms with van der Waals surface area (Å²) in [6, 6.07) is 7.03. The Morgan fingerprint density at radius 3 is 2.74 bits per heavy atom. The van der Waals surface area contributed by atoms with Gasteiger partial charge in [0.05, 0.1) is 6.61 Å². The third-order valence-electron chi connectivity index (χ3n) is 3.37. The van der Waals surface area contributed by atoms with E-state index < -0.39 is 0 Å². The number of benzene rings is 1. The molecule has 126 valence electrons. The number of rotatable bonds is 8. The monoisotopic (exact) mass is 318 g/mol. The number of aliphatic hydroxyl groups is 1. The van der Waals surface area contributed by atoms with Gasteiger partial charge < -0.3 is 15.3 Å². The Morgan fingerprint density at radius 2 is 2.09 bits per heavy atom. The summed E-state index contributed by atoms with van der Waals surface area (Å²) in [5.41, 5.74) is 1.50. The predicted octanol–water partition coefficient (Wildman–Crippen LogP) is 2.07. The van der Waals surface area contributed by atoms with Gasteiger partial charge in [0.2, 0.25) is 5.91 Å². The minimum atomic E-state index is -0.268. The fourth-order valence-corrected chi connectivity index (χ4v) is 1.95. The Bertz CT molecular complexity index is 553. The molecule has 0 spiro atoms. The van der Waals surface area contributed by atoms with Gasteiger partial charge in [-0.1, -0.05) is 24.3 Å². The number of nitrogens with zero attached hydrogens (tertiary/aromatic N) is 1. The molecular weight excluding hydrogens is 292 g/mol. The topological polar surface area (TPSA) is 69.6 Å². The van der Waals surface area contributed by atoms with Gasteiger partial charge >= 0.3 is 0 Å². The van der Waals surface area contributed by atoms with E-state index in [1.807, 2.05) is 24.3 Å². The van der Waals surface area contributed by atoms with Crippen LogP contribution in [0.5, 0.6) is 0 Å².